The lowest BCUT2D eigenvalue weighted by molar-refractivity contribution is -0.188. The normalized spacial score (nSPS) is 38.9. The average molecular weight is 305 g/mol. The minimum atomic E-state index is -4.28. The molecular weight excluding hydrogens is 283 g/mol. The Kier molecular flexibility index (Phi) is 4.17. The lowest BCUT2D eigenvalue weighted by atomic mass is 9.92. The van der Waals surface area contributed by atoms with Gasteiger partial charge in [0.1, 0.15) is 6.61 Å². The van der Waals surface area contributed by atoms with E-state index in [2.05, 4.69) is 5.32 Å². The van der Waals surface area contributed by atoms with E-state index in [-0.39, 0.29) is 24.0 Å². The van der Waals surface area contributed by atoms with Crippen LogP contribution < -0.4 is 5.32 Å². The third-order valence-corrected chi connectivity index (χ3v) is 5.07. The van der Waals surface area contributed by atoms with Crippen LogP contribution in [0.3, 0.4) is 0 Å². The number of carbonyl (C=O) groups is 1. The quantitative estimate of drug-likeness (QED) is 0.867. The van der Waals surface area contributed by atoms with E-state index < -0.39 is 12.8 Å². The topological polar surface area (TPSA) is 38.3 Å². The second kappa shape index (κ2) is 5.78. The van der Waals surface area contributed by atoms with E-state index in [0.717, 1.165) is 37.5 Å². The van der Waals surface area contributed by atoms with Crippen molar-refractivity contribution in [2.24, 2.45) is 17.8 Å². The highest BCUT2D eigenvalue weighted by Crippen LogP contribution is 2.54. The molecule has 120 valence electrons. The molecule has 0 aromatic rings. The summed E-state index contributed by atoms with van der Waals surface area (Å²) < 4.78 is 41.4. The molecule has 3 rings (SSSR count). The van der Waals surface area contributed by atoms with Gasteiger partial charge in [0.25, 0.3) is 0 Å². The molecule has 0 spiro atoms. The van der Waals surface area contributed by atoms with Crippen LogP contribution in [-0.2, 0) is 9.53 Å². The third-order valence-electron chi connectivity index (χ3n) is 5.07. The van der Waals surface area contributed by atoms with Crippen molar-refractivity contribution in [3.63, 3.8) is 0 Å². The first-order valence-electron chi connectivity index (χ1n) is 7.89. The van der Waals surface area contributed by atoms with Gasteiger partial charge < -0.3 is 10.1 Å². The van der Waals surface area contributed by atoms with Crippen molar-refractivity contribution in [3.8, 4) is 0 Å². The smallest absolute Gasteiger partial charge is 0.369 e. The molecule has 1 amide bonds. The van der Waals surface area contributed by atoms with Crippen molar-refractivity contribution < 1.29 is 22.7 Å². The average Bonchev–Trinajstić information content (AvgIpc) is 3.02. The van der Waals surface area contributed by atoms with Crippen LogP contribution in [0.15, 0.2) is 0 Å². The molecule has 3 saturated carbocycles. The standard InChI is InChI=1S/C15H22F3NO2/c16-15(17,18)8-21-13-3-1-2-12(7-13)19-14(20)11-5-9-4-10(9)6-11/h9-13H,1-8H2,(H,19,20). The maximum Gasteiger partial charge on any atom is 0.411 e. The number of halogens is 3. The summed E-state index contributed by atoms with van der Waals surface area (Å²) >= 11 is 0. The van der Waals surface area contributed by atoms with Gasteiger partial charge in [0.15, 0.2) is 0 Å². The van der Waals surface area contributed by atoms with E-state index >= 15 is 0 Å². The maximum atomic E-state index is 12.2. The van der Waals surface area contributed by atoms with Gasteiger partial charge in [-0.1, -0.05) is 0 Å². The second-order valence-corrected chi connectivity index (χ2v) is 6.84. The predicted molar refractivity (Wildman–Crippen MR) is 70.5 cm³/mol. The van der Waals surface area contributed by atoms with Crippen molar-refractivity contribution in [3.05, 3.63) is 0 Å². The largest absolute Gasteiger partial charge is 0.411 e. The van der Waals surface area contributed by atoms with Gasteiger partial charge >= 0.3 is 6.18 Å². The Hall–Kier alpha value is -0.780. The van der Waals surface area contributed by atoms with Crippen molar-refractivity contribution in [1.29, 1.82) is 0 Å². The van der Waals surface area contributed by atoms with Crippen molar-refractivity contribution in [2.45, 2.75) is 63.3 Å². The van der Waals surface area contributed by atoms with Gasteiger partial charge in [-0.05, 0) is 56.8 Å². The number of hydrogen-bond donors (Lipinski definition) is 1. The highest BCUT2D eigenvalue weighted by Gasteiger charge is 2.48. The first-order chi connectivity index (χ1) is 9.90. The molecular formula is C15H22F3NO2. The van der Waals surface area contributed by atoms with Crippen LogP contribution in [0.5, 0.6) is 0 Å². The van der Waals surface area contributed by atoms with Gasteiger partial charge in [0.05, 0.1) is 6.10 Å². The highest BCUT2D eigenvalue weighted by molar-refractivity contribution is 5.79. The number of ether oxygens (including phenoxy) is 1. The number of carbonyl (C=O) groups excluding carboxylic acids is 1. The lowest BCUT2D eigenvalue weighted by Gasteiger charge is -2.30. The Morgan fingerprint density at radius 3 is 2.48 bits per heavy atom. The fraction of sp³-hybridized carbons (Fsp3) is 0.933. The van der Waals surface area contributed by atoms with Crippen LogP contribution in [0.25, 0.3) is 0 Å². The summed E-state index contributed by atoms with van der Waals surface area (Å²) in [6.45, 7) is -1.19. The molecule has 3 aliphatic carbocycles. The van der Waals surface area contributed by atoms with E-state index in [1.165, 1.54) is 6.42 Å². The number of fused-ring (bicyclic) bond motifs is 1. The van der Waals surface area contributed by atoms with E-state index in [4.69, 9.17) is 4.74 Å². The summed E-state index contributed by atoms with van der Waals surface area (Å²) in [4.78, 5) is 12.2. The minimum Gasteiger partial charge on any atom is -0.369 e. The molecule has 3 fully saturated rings. The van der Waals surface area contributed by atoms with Crippen LogP contribution in [-0.4, -0.2) is 30.8 Å². The lowest BCUT2D eigenvalue weighted by Crippen LogP contribution is -2.43. The zero-order chi connectivity index (χ0) is 15.0. The highest BCUT2D eigenvalue weighted by atomic mass is 19.4. The molecule has 3 nitrogen and oxygen atoms in total. The van der Waals surface area contributed by atoms with Crippen LogP contribution in [0, 0.1) is 17.8 Å². The SMILES string of the molecule is O=C(NC1CCCC(OCC(F)(F)F)C1)C1CC2CC2C1. The third kappa shape index (κ3) is 4.11. The van der Waals surface area contributed by atoms with Crippen molar-refractivity contribution in [1.82, 2.24) is 5.32 Å². The Labute approximate surface area is 122 Å². The summed E-state index contributed by atoms with van der Waals surface area (Å²) in [6.07, 6.45) is 1.41. The Morgan fingerprint density at radius 2 is 1.81 bits per heavy atom. The van der Waals surface area contributed by atoms with Gasteiger partial charge in [-0.15, -0.1) is 0 Å². The molecule has 4 unspecified atom stereocenters. The zero-order valence-electron chi connectivity index (χ0n) is 12.0. The number of rotatable bonds is 4. The van der Waals surface area contributed by atoms with Crippen molar-refractivity contribution >= 4 is 5.91 Å². The Morgan fingerprint density at radius 1 is 1.10 bits per heavy atom. The van der Waals surface area contributed by atoms with Gasteiger partial charge in [0.2, 0.25) is 5.91 Å². The molecule has 1 N–H and O–H groups in total. The van der Waals surface area contributed by atoms with Gasteiger partial charge in [0, 0.05) is 12.0 Å². The summed E-state index contributed by atoms with van der Waals surface area (Å²) in [5.74, 6) is 1.75. The van der Waals surface area contributed by atoms with Gasteiger partial charge in [-0.3, -0.25) is 4.79 Å². The Bertz CT molecular complexity index is 389. The van der Waals surface area contributed by atoms with Crippen LogP contribution in [0.1, 0.15) is 44.9 Å². The molecule has 0 heterocycles. The summed E-state index contributed by atoms with van der Waals surface area (Å²) in [5.41, 5.74) is 0. The summed E-state index contributed by atoms with van der Waals surface area (Å²) in [6, 6.07) is -0.0265. The molecule has 6 heteroatoms. The van der Waals surface area contributed by atoms with E-state index in [0.29, 0.717) is 12.8 Å². The van der Waals surface area contributed by atoms with Gasteiger partial charge in [-0.2, -0.15) is 13.2 Å². The fourth-order valence-electron chi connectivity index (χ4n) is 3.89. The van der Waals surface area contributed by atoms with E-state index in [1.54, 1.807) is 0 Å². The van der Waals surface area contributed by atoms with Gasteiger partial charge in [-0.25, -0.2) is 0 Å². The van der Waals surface area contributed by atoms with Crippen LogP contribution in [0.2, 0.25) is 0 Å². The molecule has 4 atom stereocenters. The van der Waals surface area contributed by atoms with E-state index in [1.807, 2.05) is 0 Å². The van der Waals surface area contributed by atoms with E-state index in [9.17, 15) is 18.0 Å². The Balaban J connectivity index is 1.41. The second-order valence-electron chi connectivity index (χ2n) is 6.84. The monoisotopic (exact) mass is 305 g/mol. The molecule has 0 bridgehead atoms. The molecule has 0 saturated heterocycles. The molecule has 21 heavy (non-hydrogen) atoms. The number of hydrogen-bond acceptors (Lipinski definition) is 2. The molecule has 0 aromatic carbocycles. The maximum absolute atomic E-state index is 12.2. The molecule has 3 aliphatic rings. The predicted octanol–water partition coefficient (Wildman–Crippen LogP) is 3.04. The first kappa shape index (κ1) is 15.1. The minimum absolute atomic E-state index is 0.0265. The van der Waals surface area contributed by atoms with Crippen LogP contribution in [0.4, 0.5) is 13.2 Å². The number of amides is 1. The number of alkyl halides is 3. The van der Waals surface area contributed by atoms with Crippen molar-refractivity contribution in [2.75, 3.05) is 6.61 Å². The first-order valence-corrected chi connectivity index (χ1v) is 7.89. The molecule has 0 aromatic heterocycles. The molecule has 0 radical (unpaired) electrons. The molecule has 0 aliphatic heterocycles. The fourth-order valence-corrected chi connectivity index (χ4v) is 3.89. The summed E-state index contributed by atoms with van der Waals surface area (Å²) in [5, 5.41) is 3.03. The van der Waals surface area contributed by atoms with Crippen LogP contribution >= 0.6 is 0 Å². The zero-order valence-corrected chi connectivity index (χ0v) is 12.0. The summed E-state index contributed by atoms with van der Waals surface area (Å²) in [7, 11) is 0. The number of nitrogens with one attached hydrogen (secondary N) is 1.